The SMILES string of the molecule is [O]C(Cc1ccccc1)c1c[nH]cn1. The highest BCUT2D eigenvalue weighted by Crippen LogP contribution is 2.15. The van der Waals surface area contributed by atoms with E-state index in [9.17, 15) is 5.11 Å². The van der Waals surface area contributed by atoms with Crippen LogP contribution in [0.15, 0.2) is 42.9 Å². The Morgan fingerprint density at radius 1 is 1.29 bits per heavy atom. The molecule has 1 radical (unpaired) electrons. The minimum atomic E-state index is -0.774. The summed E-state index contributed by atoms with van der Waals surface area (Å²) in [5.41, 5.74) is 1.63. The van der Waals surface area contributed by atoms with E-state index < -0.39 is 6.10 Å². The van der Waals surface area contributed by atoms with Gasteiger partial charge in [0.15, 0.2) is 0 Å². The minimum Gasteiger partial charge on any atom is -0.351 e. The molecule has 71 valence electrons. The zero-order valence-electron chi connectivity index (χ0n) is 7.68. The summed E-state index contributed by atoms with van der Waals surface area (Å²) in [6, 6.07) is 9.73. The topological polar surface area (TPSA) is 48.6 Å². The lowest BCUT2D eigenvalue weighted by atomic mass is 10.1. The molecule has 14 heavy (non-hydrogen) atoms. The van der Waals surface area contributed by atoms with E-state index in [1.807, 2.05) is 30.3 Å². The first-order valence-electron chi connectivity index (χ1n) is 4.54. The maximum absolute atomic E-state index is 11.7. The van der Waals surface area contributed by atoms with E-state index in [2.05, 4.69) is 9.97 Å². The molecule has 0 aliphatic carbocycles. The Hall–Kier alpha value is -1.61. The quantitative estimate of drug-likeness (QED) is 0.786. The molecule has 0 bridgehead atoms. The molecule has 3 nitrogen and oxygen atoms in total. The summed E-state index contributed by atoms with van der Waals surface area (Å²) in [5, 5.41) is 11.7. The third-order valence-corrected chi connectivity index (χ3v) is 2.11. The van der Waals surface area contributed by atoms with Crippen LogP contribution in [0, 0.1) is 0 Å². The third-order valence-electron chi connectivity index (χ3n) is 2.11. The zero-order chi connectivity index (χ0) is 9.80. The number of H-pyrrole nitrogens is 1. The first-order chi connectivity index (χ1) is 6.86. The molecule has 1 N–H and O–H groups in total. The molecule has 1 atom stereocenters. The van der Waals surface area contributed by atoms with Gasteiger partial charge >= 0.3 is 0 Å². The van der Waals surface area contributed by atoms with Crippen molar-refractivity contribution in [2.75, 3.05) is 0 Å². The van der Waals surface area contributed by atoms with Crippen LogP contribution in [0.25, 0.3) is 0 Å². The van der Waals surface area contributed by atoms with Gasteiger partial charge in [0.25, 0.3) is 0 Å². The molecule has 1 aromatic heterocycles. The van der Waals surface area contributed by atoms with Crippen molar-refractivity contribution in [3.05, 3.63) is 54.1 Å². The smallest absolute Gasteiger partial charge is 0.140 e. The van der Waals surface area contributed by atoms with E-state index >= 15 is 0 Å². The van der Waals surface area contributed by atoms with Crippen LogP contribution in [0.2, 0.25) is 0 Å². The zero-order valence-corrected chi connectivity index (χ0v) is 7.68. The molecular weight excluding hydrogens is 176 g/mol. The van der Waals surface area contributed by atoms with Crippen LogP contribution in [0.3, 0.4) is 0 Å². The molecule has 1 heterocycles. The summed E-state index contributed by atoms with van der Waals surface area (Å²) in [6.45, 7) is 0. The van der Waals surface area contributed by atoms with Crippen molar-refractivity contribution < 1.29 is 5.11 Å². The lowest BCUT2D eigenvalue weighted by Crippen LogP contribution is -2.00. The molecule has 0 aliphatic rings. The van der Waals surface area contributed by atoms with Gasteiger partial charge in [-0.25, -0.2) is 10.1 Å². The summed E-state index contributed by atoms with van der Waals surface area (Å²) in [7, 11) is 0. The first-order valence-corrected chi connectivity index (χ1v) is 4.54. The summed E-state index contributed by atoms with van der Waals surface area (Å²) >= 11 is 0. The number of imidazole rings is 1. The van der Waals surface area contributed by atoms with E-state index in [0.717, 1.165) is 5.56 Å². The predicted octanol–water partition coefficient (Wildman–Crippen LogP) is 2.12. The Balaban J connectivity index is 2.06. The van der Waals surface area contributed by atoms with Gasteiger partial charge in [-0.15, -0.1) is 0 Å². The second kappa shape index (κ2) is 4.07. The van der Waals surface area contributed by atoms with Gasteiger partial charge in [0.1, 0.15) is 6.10 Å². The Morgan fingerprint density at radius 2 is 2.07 bits per heavy atom. The molecule has 2 rings (SSSR count). The van der Waals surface area contributed by atoms with Gasteiger partial charge in [0.05, 0.1) is 12.0 Å². The highest BCUT2D eigenvalue weighted by atomic mass is 16.3. The number of nitrogens with zero attached hydrogens (tertiary/aromatic N) is 1. The maximum atomic E-state index is 11.7. The predicted molar refractivity (Wildman–Crippen MR) is 52.2 cm³/mol. The third kappa shape index (κ3) is 2.00. The number of benzene rings is 1. The average Bonchev–Trinajstić information content (AvgIpc) is 2.72. The summed E-state index contributed by atoms with van der Waals surface area (Å²) in [5.74, 6) is 0. The van der Waals surface area contributed by atoms with Crippen LogP contribution in [-0.2, 0) is 11.5 Å². The maximum Gasteiger partial charge on any atom is 0.140 e. The standard InChI is InChI=1S/C11H11N2O/c14-11(10-7-12-8-13-10)6-9-4-2-1-3-5-9/h1-5,7-8,11H,6H2,(H,12,13). The Kier molecular flexibility index (Phi) is 2.60. The second-order valence-electron chi connectivity index (χ2n) is 3.17. The summed E-state index contributed by atoms with van der Waals surface area (Å²) < 4.78 is 0. The first kappa shape index (κ1) is 8.97. The molecule has 0 spiro atoms. The van der Waals surface area contributed by atoms with Gasteiger partial charge in [-0.3, -0.25) is 0 Å². The van der Waals surface area contributed by atoms with Crippen molar-refractivity contribution in [3.8, 4) is 0 Å². The van der Waals surface area contributed by atoms with Crippen LogP contribution < -0.4 is 0 Å². The van der Waals surface area contributed by atoms with Crippen LogP contribution >= 0.6 is 0 Å². The van der Waals surface area contributed by atoms with Crippen LogP contribution in [-0.4, -0.2) is 9.97 Å². The monoisotopic (exact) mass is 187 g/mol. The summed E-state index contributed by atoms with van der Waals surface area (Å²) in [4.78, 5) is 6.73. The van der Waals surface area contributed by atoms with Crippen molar-refractivity contribution in [3.63, 3.8) is 0 Å². The van der Waals surface area contributed by atoms with Crippen molar-refractivity contribution in [2.24, 2.45) is 0 Å². The van der Waals surface area contributed by atoms with E-state index in [1.54, 1.807) is 6.20 Å². The lowest BCUT2D eigenvalue weighted by molar-refractivity contribution is 0.0860. The van der Waals surface area contributed by atoms with Gasteiger partial charge in [-0.1, -0.05) is 30.3 Å². The normalized spacial score (nSPS) is 12.6. The van der Waals surface area contributed by atoms with Crippen molar-refractivity contribution in [1.82, 2.24) is 9.97 Å². The van der Waals surface area contributed by atoms with E-state index in [4.69, 9.17) is 0 Å². The molecule has 3 heteroatoms. The number of nitrogens with one attached hydrogen (secondary N) is 1. The van der Waals surface area contributed by atoms with E-state index in [1.165, 1.54) is 6.33 Å². The fraction of sp³-hybridized carbons (Fsp3) is 0.182. The van der Waals surface area contributed by atoms with Gasteiger partial charge in [0.2, 0.25) is 0 Å². The molecular formula is C11H11N2O. The van der Waals surface area contributed by atoms with E-state index in [-0.39, 0.29) is 0 Å². The van der Waals surface area contributed by atoms with Crippen LogP contribution in [0.1, 0.15) is 17.4 Å². The highest BCUT2D eigenvalue weighted by Gasteiger charge is 2.11. The second-order valence-corrected chi connectivity index (χ2v) is 3.17. The minimum absolute atomic E-state index is 0.492. The highest BCUT2D eigenvalue weighted by molar-refractivity contribution is 5.17. The molecule has 0 aliphatic heterocycles. The molecule has 0 saturated carbocycles. The van der Waals surface area contributed by atoms with Gasteiger partial charge in [-0.2, -0.15) is 0 Å². The summed E-state index contributed by atoms with van der Waals surface area (Å²) in [6.07, 6.45) is 2.90. The molecule has 0 saturated heterocycles. The fourth-order valence-corrected chi connectivity index (χ4v) is 1.38. The van der Waals surface area contributed by atoms with E-state index in [0.29, 0.717) is 12.1 Å². The largest absolute Gasteiger partial charge is 0.351 e. The Labute approximate surface area is 82.4 Å². The van der Waals surface area contributed by atoms with Crippen molar-refractivity contribution in [2.45, 2.75) is 12.5 Å². The lowest BCUT2D eigenvalue weighted by Gasteiger charge is -2.04. The van der Waals surface area contributed by atoms with Gasteiger partial charge in [0, 0.05) is 12.6 Å². The molecule has 0 amide bonds. The van der Waals surface area contributed by atoms with Gasteiger partial charge < -0.3 is 4.98 Å². The fourth-order valence-electron chi connectivity index (χ4n) is 1.38. The average molecular weight is 187 g/mol. The number of hydrogen-bond donors (Lipinski definition) is 1. The van der Waals surface area contributed by atoms with Crippen LogP contribution in [0.5, 0.6) is 0 Å². The molecule has 0 fully saturated rings. The van der Waals surface area contributed by atoms with Gasteiger partial charge in [-0.05, 0) is 5.56 Å². The van der Waals surface area contributed by atoms with Crippen LogP contribution in [0.4, 0.5) is 0 Å². The van der Waals surface area contributed by atoms with Crippen molar-refractivity contribution in [1.29, 1.82) is 0 Å². The number of aromatic nitrogens is 2. The Morgan fingerprint density at radius 3 is 2.71 bits per heavy atom. The Bertz CT molecular complexity index is 369. The number of aromatic amines is 1. The molecule has 1 aromatic carbocycles. The molecule has 2 aromatic rings. The molecule has 1 unspecified atom stereocenters. The number of hydrogen-bond acceptors (Lipinski definition) is 1. The number of rotatable bonds is 3. The van der Waals surface area contributed by atoms with Crippen molar-refractivity contribution >= 4 is 0 Å².